The standard InChI is InChI=1S/C24H33BrN2O3S/c1-14-7-8-17-18(15(2)27(20(17)19(14)25)11-12-31(6,29)30)21(28)26-22-23(3,4)16-9-10-24(22,5)13-16/h7-8,16,22H,9-13H2,1-6H3,(H,26,28). The van der Waals surface area contributed by atoms with Crippen LogP contribution >= 0.6 is 15.9 Å². The minimum absolute atomic E-state index is 0.0362. The highest BCUT2D eigenvalue weighted by Gasteiger charge is 2.59. The van der Waals surface area contributed by atoms with Crippen LogP contribution in [0.5, 0.6) is 0 Å². The average Bonchev–Trinajstić information content (AvgIpc) is 3.24. The highest BCUT2D eigenvalue weighted by atomic mass is 79.9. The average molecular weight is 510 g/mol. The molecule has 31 heavy (non-hydrogen) atoms. The first kappa shape index (κ1) is 22.8. The molecule has 0 saturated heterocycles. The molecule has 0 spiro atoms. The molecule has 2 aliphatic carbocycles. The molecule has 2 aromatic rings. The molecule has 0 aliphatic heterocycles. The summed E-state index contributed by atoms with van der Waals surface area (Å²) in [5.74, 6) is 0.633. The predicted molar refractivity (Wildman–Crippen MR) is 129 cm³/mol. The molecule has 3 atom stereocenters. The van der Waals surface area contributed by atoms with Crippen LogP contribution in [0.25, 0.3) is 10.9 Å². The van der Waals surface area contributed by atoms with Crippen molar-refractivity contribution in [3.8, 4) is 0 Å². The molecule has 1 amide bonds. The maximum atomic E-state index is 13.7. The zero-order valence-electron chi connectivity index (χ0n) is 19.3. The van der Waals surface area contributed by atoms with Crippen LogP contribution in [0.2, 0.25) is 0 Å². The van der Waals surface area contributed by atoms with Gasteiger partial charge in [-0.3, -0.25) is 4.79 Å². The summed E-state index contributed by atoms with van der Waals surface area (Å²) in [5, 5.41) is 4.29. The second kappa shape index (κ2) is 7.34. The first-order valence-corrected chi connectivity index (χ1v) is 13.9. The van der Waals surface area contributed by atoms with Crippen LogP contribution in [0.4, 0.5) is 0 Å². The van der Waals surface area contributed by atoms with Gasteiger partial charge in [-0.1, -0.05) is 32.9 Å². The fraction of sp³-hybridized carbons (Fsp3) is 0.625. The number of aryl methyl sites for hydroxylation is 2. The SMILES string of the molecule is Cc1ccc2c(C(=O)NC3C4(C)CCC(C4)C3(C)C)c(C)n(CCS(C)(=O)=O)c2c1Br. The normalized spacial score (nSPS) is 27.2. The molecule has 4 rings (SSSR count). The third-order valence-corrected chi connectivity index (χ3v) is 10.00. The van der Waals surface area contributed by atoms with Crippen molar-refractivity contribution in [1.82, 2.24) is 9.88 Å². The number of hydrogen-bond donors (Lipinski definition) is 1. The summed E-state index contributed by atoms with van der Waals surface area (Å²) in [5.41, 5.74) is 3.63. The second-order valence-corrected chi connectivity index (χ2v) is 13.7. The zero-order chi connectivity index (χ0) is 22.9. The van der Waals surface area contributed by atoms with E-state index in [2.05, 4.69) is 42.0 Å². The first-order valence-electron chi connectivity index (χ1n) is 11.0. The Morgan fingerprint density at radius 1 is 1.26 bits per heavy atom. The van der Waals surface area contributed by atoms with Gasteiger partial charge < -0.3 is 9.88 Å². The van der Waals surface area contributed by atoms with Gasteiger partial charge in [0.1, 0.15) is 9.84 Å². The lowest BCUT2D eigenvalue weighted by Gasteiger charge is -2.43. The summed E-state index contributed by atoms with van der Waals surface area (Å²) in [6.07, 6.45) is 4.82. The Morgan fingerprint density at radius 2 is 1.94 bits per heavy atom. The molecule has 7 heteroatoms. The Balaban J connectivity index is 1.78. The number of sulfone groups is 1. The van der Waals surface area contributed by atoms with Crippen LogP contribution in [0, 0.1) is 30.6 Å². The molecule has 5 nitrogen and oxygen atoms in total. The van der Waals surface area contributed by atoms with Gasteiger partial charge in [0.25, 0.3) is 5.91 Å². The summed E-state index contributed by atoms with van der Waals surface area (Å²) in [6.45, 7) is 11.1. The monoisotopic (exact) mass is 508 g/mol. The Labute approximate surface area is 194 Å². The van der Waals surface area contributed by atoms with Gasteiger partial charge in [0, 0.05) is 34.4 Å². The van der Waals surface area contributed by atoms with E-state index >= 15 is 0 Å². The number of amides is 1. The molecule has 3 unspecified atom stereocenters. The van der Waals surface area contributed by atoms with Crippen molar-refractivity contribution in [3.05, 3.63) is 33.4 Å². The third-order valence-electron chi connectivity index (χ3n) is 8.07. The maximum absolute atomic E-state index is 13.7. The van der Waals surface area contributed by atoms with Crippen molar-refractivity contribution in [2.75, 3.05) is 12.0 Å². The molecular weight excluding hydrogens is 476 g/mol. The number of carbonyl (C=O) groups is 1. The van der Waals surface area contributed by atoms with Gasteiger partial charge >= 0.3 is 0 Å². The topological polar surface area (TPSA) is 68.2 Å². The lowest BCUT2D eigenvalue weighted by atomic mass is 9.68. The van der Waals surface area contributed by atoms with Crippen molar-refractivity contribution >= 4 is 42.6 Å². The van der Waals surface area contributed by atoms with Crippen LogP contribution in [0.3, 0.4) is 0 Å². The summed E-state index contributed by atoms with van der Waals surface area (Å²) in [7, 11) is -3.13. The van der Waals surface area contributed by atoms with Gasteiger partial charge in [-0.05, 0) is 71.4 Å². The lowest BCUT2D eigenvalue weighted by Crippen LogP contribution is -2.52. The number of benzene rings is 1. The van der Waals surface area contributed by atoms with Crippen LogP contribution in [0.1, 0.15) is 61.6 Å². The molecule has 1 N–H and O–H groups in total. The smallest absolute Gasteiger partial charge is 0.253 e. The highest BCUT2D eigenvalue weighted by Crippen LogP contribution is 2.62. The van der Waals surface area contributed by atoms with Gasteiger partial charge in [0.2, 0.25) is 0 Å². The molecule has 2 aliphatic rings. The molecule has 1 heterocycles. The zero-order valence-corrected chi connectivity index (χ0v) is 21.7. The largest absolute Gasteiger partial charge is 0.348 e. The number of nitrogens with one attached hydrogen (secondary N) is 1. The van der Waals surface area contributed by atoms with E-state index in [0.717, 1.165) is 33.1 Å². The quantitative estimate of drug-likeness (QED) is 0.616. The van der Waals surface area contributed by atoms with E-state index in [1.54, 1.807) is 0 Å². The highest BCUT2D eigenvalue weighted by molar-refractivity contribution is 9.10. The van der Waals surface area contributed by atoms with E-state index in [1.165, 1.54) is 19.1 Å². The summed E-state index contributed by atoms with van der Waals surface area (Å²) >= 11 is 3.69. The van der Waals surface area contributed by atoms with Gasteiger partial charge in [-0.25, -0.2) is 8.42 Å². The summed E-state index contributed by atoms with van der Waals surface area (Å²) < 4.78 is 26.6. The molecule has 2 saturated carbocycles. The molecule has 0 radical (unpaired) electrons. The predicted octanol–water partition coefficient (Wildman–Crippen LogP) is 5.01. The maximum Gasteiger partial charge on any atom is 0.253 e. The molecule has 1 aromatic heterocycles. The number of aromatic nitrogens is 1. The number of halogens is 1. The Bertz CT molecular complexity index is 1180. The van der Waals surface area contributed by atoms with Crippen molar-refractivity contribution < 1.29 is 13.2 Å². The van der Waals surface area contributed by atoms with Crippen molar-refractivity contribution in [3.63, 3.8) is 0 Å². The number of carbonyl (C=O) groups excluding carboxylic acids is 1. The Kier molecular flexibility index (Phi) is 5.41. The van der Waals surface area contributed by atoms with E-state index in [1.807, 2.05) is 30.5 Å². The van der Waals surface area contributed by atoms with Crippen LogP contribution in [-0.4, -0.2) is 36.9 Å². The van der Waals surface area contributed by atoms with Gasteiger partial charge in [-0.15, -0.1) is 0 Å². The minimum atomic E-state index is -3.13. The summed E-state index contributed by atoms with van der Waals surface area (Å²) in [6, 6.07) is 4.13. The second-order valence-electron chi connectivity index (χ2n) is 10.7. The third kappa shape index (κ3) is 3.65. The first-order chi connectivity index (χ1) is 14.3. The summed E-state index contributed by atoms with van der Waals surface area (Å²) in [4.78, 5) is 13.7. The van der Waals surface area contributed by atoms with E-state index < -0.39 is 9.84 Å². The minimum Gasteiger partial charge on any atom is -0.348 e. The van der Waals surface area contributed by atoms with E-state index in [4.69, 9.17) is 0 Å². The number of hydrogen-bond acceptors (Lipinski definition) is 3. The molecule has 2 bridgehead atoms. The van der Waals surface area contributed by atoms with Crippen molar-refractivity contribution in [2.24, 2.45) is 16.7 Å². The number of fused-ring (bicyclic) bond motifs is 3. The number of nitrogens with zero attached hydrogens (tertiary/aromatic N) is 1. The fourth-order valence-electron chi connectivity index (χ4n) is 6.32. The molecule has 170 valence electrons. The van der Waals surface area contributed by atoms with Gasteiger partial charge in [0.05, 0.1) is 16.8 Å². The molecule has 1 aromatic carbocycles. The van der Waals surface area contributed by atoms with E-state index in [0.29, 0.717) is 18.0 Å². The number of rotatable bonds is 5. The Morgan fingerprint density at radius 3 is 2.52 bits per heavy atom. The van der Waals surface area contributed by atoms with Gasteiger partial charge in [0.15, 0.2) is 0 Å². The van der Waals surface area contributed by atoms with Crippen LogP contribution in [-0.2, 0) is 16.4 Å². The van der Waals surface area contributed by atoms with E-state index in [-0.39, 0.29) is 28.5 Å². The fourth-order valence-corrected chi connectivity index (χ4v) is 7.39. The van der Waals surface area contributed by atoms with Crippen LogP contribution < -0.4 is 5.32 Å². The van der Waals surface area contributed by atoms with Gasteiger partial charge in [-0.2, -0.15) is 0 Å². The molecular formula is C24H33BrN2O3S. The Hall–Kier alpha value is -1.34. The molecule has 2 fully saturated rings. The lowest BCUT2D eigenvalue weighted by molar-refractivity contribution is 0.0738. The van der Waals surface area contributed by atoms with E-state index in [9.17, 15) is 13.2 Å². The van der Waals surface area contributed by atoms with Crippen molar-refractivity contribution in [1.29, 1.82) is 0 Å². The van der Waals surface area contributed by atoms with Crippen molar-refractivity contribution in [2.45, 2.75) is 66.5 Å². The van der Waals surface area contributed by atoms with Crippen LogP contribution in [0.15, 0.2) is 16.6 Å².